The second-order valence-corrected chi connectivity index (χ2v) is 6.00. The molecule has 0 bridgehead atoms. The first kappa shape index (κ1) is 14.3. The highest BCUT2D eigenvalue weighted by Gasteiger charge is 2.41. The average Bonchev–Trinajstić information content (AvgIpc) is 3.36. The van der Waals surface area contributed by atoms with Crippen molar-refractivity contribution < 1.29 is 18.3 Å². The molecule has 2 aliphatic rings. The summed E-state index contributed by atoms with van der Waals surface area (Å²) in [6, 6.07) is 2.66. The third-order valence-corrected chi connectivity index (χ3v) is 4.47. The lowest BCUT2D eigenvalue weighted by Gasteiger charge is -2.17. The molecule has 3 rings (SSSR count). The van der Waals surface area contributed by atoms with Gasteiger partial charge in [-0.2, -0.15) is 0 Å². The molecule has 0 aliphatic heterocycles. The molecule has 0 aromatic heterocycles. The maximum Gasteiger partial charge on any atom is 0.340 e. The maximum atomic E-state index is 14.0. The van der Waals surface area contributed by atoms with Gasteiger partial charge in [-0.25, -0.2) is 13.6 Å². The summed E-state index contributed by atoms with van der Waals surface area (Å²) >= 11 is 0. The molecule has 0 radical (unpaired) electrons. The van der Waals surface area contributed by atoms with Crippen LogP contribution in [0.4, 0.5) is 14.5 Å². The van der Waals surface area contributed by atoms with Gasteiger partial charge in [-0.15, -0.1) is 0 Å². The third kappa shape index (κ3) is 3.01. The minimum absolute atomic E-state index is 0.117. The predicted octanol–water partition coefficient (Wildman–Crippen LogP) is 3.60. The minimum Gasteiger partial charge on any atom is -0.465 e. The maximum absolute atomic E-state index is 14.0. The van der Waals surface area contributed by atoms with Gasteiger partial charge in [0.15, 0.2) is 11.6 Å². The summed E-state index contributed by atoms with van der Waals surface area (Å²) in [6.07, 6.45) is 5.00. The Morgan fingerprint density at radius 2 is 1.86 bits per heavy atom. The molecule has 0 amide bonds. The number of hydrogen-bond acceptors (Lipinski definition) is 3. The fraction of sp³-hybridized carbons (Fsp3) is 0.562. The van der Waals surface area contributed by atoms with Crippen LogP contribution >= 0.6 is 0 Å². The topological polar surface area (TPSA) is 38.3 Å². The summed E-state index contributed by atoms with van der Waals surface area (Å²) in [5.74, 6) is -0.983. The number of carbonyl (C=O) groups excluding carboxylic acids is 1. The van der Waals surface area contributed by atoms with Gasteiger partial charge >= 0.3 is 5.97 Å². The number of methoxy groups -OCH3 is 1. The van der Waals surface area contributed by atoms with Crippen molar-refractivity contribution in [2.24, 2.45) is 17.8 Å². The second kappa shape index (κ2) is 5.62. The van der Waals surface area contributed by atoms with Gasteiger partial charge in [0.1, 0.15) is 0 Å². The Morgan fingerprint density at radius 3 is 2.38 bits per heavy atom. The van der Waals surface area contributed by atoms with E-state index >= 15 is 0 Å². The van der Waals surface area contributed by atoms with Gasteiger partial charge in [0.05, 0.1) is 18.4 Å². The number of esters is 1. The third-order valence-electron chi connectivity index (χ3n) is 4.47. The molecule has 2 aliphatic carbocycles. The molecular weight excluding hydrogens is 276 g/mol. The summed E-state index contributed by atoms with van der Waals surface area (Å²) in [5.41, 5.74) is -0.257. The molecule has 0 heterocycles. The fourth-order valence-electron chi connectivity index (χ4n) is 2.95. The van der Waals surface area contributed by atoms with Crippen LogP contribution in [-0.2, 0) is 4.74 Å². The van der Waals surface area contributed by atoms with Crippen LogP contribution in [-0.4, -0.2) is 19.6 Å². The van der Waals surface area contributed by atoms with Crippen LogP contribution < -0.4 is 5.32 Å². The molecular formula is C16H19F2NO2. The Morgan fingerprint density at radius 1 is 1.24 bits per heavy atom. The lowest BCUT2D eigenvalue weighted by molar-refractivity contribution is 0.0594. The van der Waals surface area contributed by atoms with Gasteiger partial charge in [-0.3, -0.25) is 0 Å². The van der Waals surface area contributed by atoms with E-state index in [-0.39, 0.29) is 11.3 Å². The van der Waals surface area contributed by atoms with E-state index in [4.69, 9.17) is 0 Å². The monoisotopic (exact) mass is 295 g/mol. The first-order valence-corrected chi connectivity index (χ1v) is 7.42. The lowest BCUT2D eigenvalue weighted by Crippen LogP contribution is -2.19. The molecule has 1 aromatic carbocycles. The number of halogens is 2. The van der Waals surface area contributed by atoms with Gasteiger partial charge in [0.25, 0.3) is 0 Å². The van der Waals surface area contributed by atoms with Gasteiger partial charge in [0, 0.05) is 6.54 Å². The van der Waals surface area contributed by atoms with Gasteiger partial charge in [0.2, 0.25) is 0 Å². The molecule has 0 unspecified atom stereocenters. The molecule has 0 saturated heterocycles. The van der Waals surface area contributed by atoms with Crippen molar-refractivity contribution in [2.75, 3.05) is 19.0 Å². The number of ether oxygens (including phenoxy) is 1. The number of hydrogen-bond donors (Lipinski definition) is 1. The normalized spacial score (nSPS) is 17.9. The van der Waals surface area contributed by atoms with E-state index in [1.54, 1.807) is 0 Å². The average molecular weight is 295 g/mol. The minimum atomic E-state index is -1.15. The number of carbonyl (C=O) groups is 1. The summed E-state index contributed by atoms with van der Waals surface area (Å²) in [7, 11) is 1.14. The Hall–Kier alpha value is -1.65. The van der Waals surface area contributed by atoms with Crippen LogP contribution in [0.3, 0.4) is 0 Å². The molecule has 1 N–H and O–H groups in total. The standard InChI is InChI=1S/C16H19F2NO2/c1-21-16(20)11-6-7-13(15(18)14(11)17)19-8-12(9-2-3-9)10-4-5-10/h6-7,9-10,12,19H,2-5,8H2,1H3. The Bertz CT molecular complexity index is 541. The summed E-state index contributed by atoms with van der Waals surface area (Å²) in [4.78, 5) is 11.3. The first-order chi connectivity index (χ1) is 10.1. The molecule has 2 saturated carbocycles. The number of nitrogens with one attached hydrogen (secondary N) is 1. The zero-order valence-corrected chi connectivity index (χ0v) is 12.0. The lowest BCUT2D eigenvalue weighted by atomic mass is 9.98. The van der Waals surface area contributed by atoms with Crippen molar-refractivity contribution in [3.05, 3.63) is 29.3 Å². The van der Waals surface area contributed by atoms with Crippen molar-refractivity contribution >= 4 is 11.7 Å². The Kier molecular flexibility index (Phi) is 3.83. The van der Waals surface area contributed by atoms with E-state index in [9.17, 15) is 13.6 Å². The van der Waals surface area contributed by atoms with Crippen molar-refractivity contribution in [3.63, 3.8) is 0 Å². The molecule has 3 nitrogen and oxygen atoms in total. The highest BCUT2D eigenvalue weighted by molar-refractivity contribution is 5.90. The van der Waals surface area contributed by atoms with Crippen LogP contribution in [0, 0.1) is 29.4 Å². The number of anilines is 1. The molecule has 114 valence electrons. The van der Waals surface area contributed by atoms with Gasteiger partial charge in [-0.1, -0.05) is 0 Å². The molecule has 21 heavy (non-hydrogen) atoms. The summed E-state index contributed by atoms with van der Waals surface area (Å²) < 4.78 is 32.3. The largest absolute Gasteiger partial charge is 0.465 e. The fourth-order valence-corrected chi connectivity index (χ4v) is 2.95. The van der Waals surface area contributed by atoms with Crippen molar-refractivity contribution in [3.8, 4) is 0 Å². The zero-order chi connectivity index (χ0) is 15.0. The van der Waals surface area contributed by atoms with Crippen LogP contribution in [0.15, 0.2) is 12.1 Å². The Balaban J connectivity index is 1.70. The van der Waals surface area contributed by atoms with E-state index in [0.29, 0.717) is 12.5 Å². The van der Waals surface area contributed by atoms with Crippen molar-refractivity contribution in [2.45, 2.75) is 25.7 Å². The van der Waals surface area contributed by atoms with E-state index in [2.05, 4.69) is 10.1 Å². The number of rotatable bonds is 6. The Labute approximate surface area is 122 Å². The SMILES string of the molecule is COC(=O)c1ccc(NCC(C2CC2)C2CC2)c(F)c1F. The zero-order valence-electron chi connectivity index (χ0n) is 12.0. The van der Waals surface area contributed by atoms with Crippen LogP contribution in [0.5, 0.6) is 0 Å². The van der Waals surface area contributed by atoms with Gasteiger partial charge in [-0.05, 0) is 55.6 Å². The smallest absolute Gasteiger partial charge is 0.340 e. The van der Waals surface area contributed by atoms with E-state index < -0.39 is 17.6 Å². The van der Waals surface area contributed by atoms with Crippen molar-refractivity contribution in [1.82, 2.24) is 0 Å². The van der Waals surface area contributed by atoms with E-state index in [0.717, 1.165) is 18.9 Å². The van der Waals surface area contributed by atoms with Crippen LogP contribution in [0.1, 0.15) is 36.0 Å². The molecule has 0 atom stereocenters. The second-order valence-electron chi connectivity index (χ2n) is 6.00. The molecule has 0 spiro atoms. The molecule has 5 heteroatoms. The summed E-state index contributed by atoms with van der Waals surface area (Å²) in [5, 5.41) is 3.01. The highest BCUT2D eigenvalue weighted by Crippen LogP contribution is 2.49. The van der Waals surface area contributed by atoms with E-state index in [1.165, 1.54) is 37.8 Å². The first-order valence-electron chi connectivity index (χ1n) is 7.42. The quantitative estimate of drug-likeness (QED) is 0.815. The predicted molar refractivity (Wildman–Crippen MR) is 75.1 cm³/mol. The number of benzene rings is 1. The van der Waals surface area contributed by atoms with E-state index in [1.807, 2.05) is 0 Å². The highest BCUT2D eigenvalue weighted by atomic mass is 19.2. The molecule has 1 aromatic rings. The summed E-state index contributed by atoms with van der Waals surface area (Å²) in [6.45, 7) is 0.670. The van der Waals surface area contributed by atoms with Crippen LogP contribution in [0.25, 0.3) is 0 Å². The molecule has 2 fully saturated rings. The van der Waals surface area contributed by atoms with Gasteiger partial charge < -0.3 is 10.1 Å². The van der Waals surface area contributed by atoms with Crippen molar-refractivity contribution in [1.29, 1.82) is 0 Å². The van der Waals surface area contributed by atoms with Crippen LogP contribution in [0.2, 0.25) is 0 Å².